The van der Waals surface area contributed by atoms with E-state index >= 15 is 0 Å². The van der Waals surface area contributed by atoms with Crippen LogP contribution in [0.3, 0.4) is 0 Å². The number of hydrogen-bond acceptors (Lipinski definition) is 5. The maximum Gasteiger partial charge on any atom is 0.147 e. The van der Waals surface area contributed by atoms with Crippen molar-refractivity contribution in [2.75, 3.05) is 13.2 Å². The Hall–Kier alpha value is -2.28. The first-order valence-electron chi connectivity index (χ1n) is 7.92. The molecular formula is C18H15Cl3N4O2. The normalized spacial score (nSPS) is 11.1. The number of aromatic nitrogens is 3. The third kappa shape index (κ3) is 5.35. The van der Waals surface area contributed by atoms with Crippen LogP contribution in [0.5, 0.6) is 11.5 Å². The molecule has 1 aromatic heterocycles. The van der Waals surface area contributed by atoms with Crippen molar-refractivity contribution in [2.24, 2.45) is 5.10 Å². The predicted octanol–water partition coefficient (Wildman–Crippen LogP) is 4.89. The summed E-state index contributed by atoms with van der Waals surface area (Å²) in [6.45, 7) is 2.54. The van der Waals surface area contributed by atoms with Gasteiger partial charge in [-0.15, -0.1) is 10.2 Å². The molecule has 0 aliphatic rings. The molecule has 0 atom stereocenters. The Morgan fingerprint density at radius 1 is 1.00 bits per heavy atom. The van der Waals surface area contributed by atoms with Crippen molar-refractivity contribution in [2.45, 2.75) is 6.92 Å². The zero-order chi connectivity index (χ0) is 19.2. The minimum absolute atomic E-state index is 0.288. The van der Waals surface area contributed by atoms with Crippen LogP contribution in [0.1, 0.15) is 11.1 Å². The SMILES string of the molecule is Cc1cc(OCCOc2c(Cl)cc(Cl)cc2/C=N\n2cnnc2)ccc1Cl. The minimum atomic E-state index is 0.288. The largest absolute Gasteiger partial charge is 0.490 e. The summed E-state index contributed by atoms with van der Waals surface area (Å²) >= 11 is 18.4. The molecule has 3 aromatic rings. The number of hydrogen-bond donors (Lipinski definition) is 0. The van der Waals surface area contributed by atoms with Crippen LogP contribution >= 0.6 is 34.8 Å². The van der Waals surface area contributed by atoms with Crippen molar-refractivity contribution >= 4 is 41.0 Å². The lowest BCUT2D eigenvalue weighted by atomic mass is 10.2. The van der Waals surface area contributed by atoms with E-state index in [0.717, 1.165) is 11.3 Å². The minimum Gasteiger partial charge on any atom is -0.490 e. The summed E-state index contributed by atoms with van der Waals surface area (Å²) in [5, 5.41) is 13.1. The molecule has 0 saturated carbocycles. The van der Waals surface area contributed by atoms with E-state index in [2.05, 4.69) is 15.3 Å². The summed E-state index contributed by atoms with van der Waals surface area (Å²) in [6.07, 6.45) is 4.50. The van der Waals surface area contributed by atoms with Crippen molar-refractivity contribution in [3.63, 3.8) is 0 Å². The lowest BCUT2D eigenvalue weighted by Gasteiger charge is -2.13. The quantitative estimate of drug-likeness (QED) is 0.399. The molecule has 0 aliphatic carbocycles. The number of benzene rings is 2. The molecule has 0 aliphatic heterocycles. The van der Waals surface area contributed by atoms with Gasteiger partial charge in [-0.1, -0.05) is 34.8 Å². The highest BCUT2D eigenvalue weighted by atomic mass is 35.5. The number of rotatable bonds is 7. The van der Waals surface area contributed by atoms with Gasteiger partial charge in [0.05, 0.1) is 11.2 Å². The highest BCUT2D eigenvalue weighted by Crippen LogP contribution is 2.31. The molecule has 9 heteroatoms. The Balaban J connectivity index is 1.65. The number of ether oxygens (including phenoxy) is 2. The van der Waals surface area contributed by atoms with E-state index < -0.39 is 0 Å². The molecule has 0 bridgehead atoms. The molecule has 2 aromatic carbocycles. The first-order valence-corrected chi connectivity index (χ1v) is 9.06. The topological polar surface area (TPSA) is 61.5 Å². The summed E-state index contributed by atoms with van der Waals surface area (Å²) in [5.41, 5.74) is 1.58. The first-order chi connectivity index (χ1) is 13.0. The zero-order valence-corrected chi connectivity index (χ0v) is 16.5. The van der Waals surface area contributed by atoms with E-state index in [1.54, 1.807) is 24.4 Å². The molecule has 0 N–H and O–H groups in total. The molecular weight excluding hydrogens is 411 g/mol. The summed E-state index contributed by atoms with van der Waals surface area (Å²) in [5.74, 6) is 1.19. The van der Waals surface area contributed by atoms with Gasteiger partial charge in [0.1, 0.15) is 37.4 Å². The molecule has 27 heavy (non-hydrogen) atoms. The van der Waals surface area contributed by atoms with Crippen LogP contribution in [0.25, 0.3) is 0 Å². The summed E-state index contributed by atoms with van der Waals surface area (Å²) in [4.78, 5) is 0. The van der Waals surface area contributed by atoms with Crippen LogP contribution in [0.2, 0.25) is 15.1 Å². The molecule has 0 radical (unpaired) electrons. The van der Waals surface area contributed by atoms with Gasteiger partial charge in [0.15, 0.2) is 0 Å². The summed E-state index contributed by atoms with van der Waals surface area (Å²) in [6, 6.07) is 8.79. The van der Waals surface area contributed by atoms with Crippen molar-refractivity contribution in [3.05, 3.63) is 69.2 Å². The van der Waals surface area contributed by atoms with Gasteiger partial charge in [0, 0.05) is 15.6 Å². The fourth-order valence-electron chi connectivity index (χ4n) is 2.22. The van der Waals surface area contributed by atoms with Gasteiger partial charge < -0.3 is 9.47 Å². The molecule has 0 unspecified atom stereocenters. The smallest absolute Gasteiger partial charge is 0.147 e. The van der Waals surface area contributed by atoms with Gasteiger partial charge in [0.2, 0.25) is 0 Å². The predicted molar refractivity (Wildman–Crippen MR) is 107 cm³/mol. The van der Waals surface area contributed by atoms with Crippen LogP contribution in [-0.4, -0.2) is 34.3 Å². The average Bonchev–Trinajstić information content (AvgIpc) is 3.14. The fourth-order valence-corrected chi connectivity index (χ4v) is 2.90. The molecule has 0 amide bonds. The standard InChI is InChI=1S/C18H15Cl3N4O2/c1-12-6-15(2-3-16(12)20)26-4-5-27-18-13(7-14(19)8-17(18)21)9-24-25-10-22-23-11-25/h2-3,6-11H,4-5H2,1H3/b24-9-. The summed E-state index contributed by atoms with van der Waals surface area (Å²) in [7, 11) is 0. The molecule has 1 heterocycles. The van der Waals surface area contributed by atoms with E-state index in [1.807, 2.05) is 19.1 Å². The van der Waals surface area contributed by atoms with E-state index in [4.69, 9.17) is 44.3 Å². The number of halogens is 3. The van der Waals surface area contributed by atoms with Gasteiger partial charge in [0.25, 0.3) is 0 Å². The maximum absolute atomic E-state index is 6.27. The lowest BCUT2D eigenvalue weighted by Crippen LogP contribution is -2.10. The van der Waals surface area contributed by atoms with Crippen LogP contribution in [0.15, 0.2) is 48.1 Å². The van der Waals surface area contributed by atoms with Crippen LogP contribution < -0.4 is 9.47 Å². The van der Waals surface area contributed by atoms with Gasteiger partial charge >= 0.3 is 0 Å². The second-order valence-electron chi connectivity index (χ2n) is 5.50. The number of aryl methyl sites for hydroxylation is 1. The van der Waals surface area contributed by atoms with E-state index in [9.17, 15) is 0 Å². The van der Waals surface area contributed by atoms with Gasteiger partial charge in [-0.25, -0.2) is 4.68 Å². The first kappa shape index (κ1) is 19.5. The molecule has 0 fully saturated rings. The highest BCUT2D eigenvalue weighted by molar-refractivity contribution is 6.36. The molecule has 3 rings (SSSR count). The van der Waals surface area contributed by atoms with Crippen molar-refractivity contribution in [1.29, 1.82) is 0 Å². The second kappa shape index (κ2) is 9.08. The van der Waals surface area contributed by atoms with Crippen molar-refractivity contribution in [3.8, 4) is 11.5 Å². The monoisotopic (exact) mass is 424 g/mol. The molecule has 0 spiro atoms. The Morgan fingerprint density at radius 3 is 2.48 bits per heavy atom. The van der Waals surface area contributed by atoms with Crippen LogP contribution in [-0.2, 0) is 0 Å². The Kier molecular flexibility index (Phi) is 6.55. The van der Waals surface area contributed by atoms with Gasteiger partial charge in [-0.3, -0.25) is 0 Å². The second-order valence-corrected chi connectivity index (χ2v) is 6.75. The molecule has 0 saturated heterocycles. The molecule has 6 nitrogen and oxygen atoms in total. The Labute approximate surface area is 171 Å². The van der Waals surface area contributed by atoms with Gasteiger partial charge in [-0.2, -0.15) is 5.10 Å². The molecule has 140 valence electrons. The highest BCUT2D eigenvalue weighted by Gasteiger charge is 2.10. The van der Waals surface area contributed by atoms with E-state index in [1.165, 1.54) is 17.3 Å². The Bertz CT molecular complexity index is 946. The zero-order valence-electron chi connectivity index (χ0n) is 14.3. The summed E-state index contributed by atoms with van der Waals surface area (Å²) < 4.78 is 12.9. The average molecular weight is 426 g/mol. The fraction of sp³-hybridized carbons (Fsp3) is 0.167. The van der Waals surface area contributed by atoms with E-state index in [-0.39, 0.29) is 6.61 Å². The van der Waals surface area contributed by atoms with Crippen molar-refractivity contribution in [1.82, 2.24) is 14.9 Å². The lowest BCUT2D eigenvalue weighted by molar-refractivity contribution is 0.217. The van der Waals surface area contributed by atoms with Gasteiger partial charge in [-0.05, 0) is 42.8 Å². The third-order valence-electron chi connectivity index (χ3n) is 3.50. The van der Waals surface area contributed by atoms with Crippen LogP contribution in [0.4, 0.5) is 0 Å². The third-order valence-corrected chi connectivity index (χ3v) is 4.42. The Morgan fingerprint density at radius 2 is 1.74 bits per heavy atom. The van der Waals surface area contributed by atoms with Crippen molar-refractivity contribution < 1.29 is 9.47 Å². The van der Waals surface area contributed by atoms with E-state index in [0.29, 0.717) is 33.0 Å². The van der Waals surface area contributed by atoms with Crippen LogP contribution in [0, 0.1) is 6.92 Å². The number of nitrogens with zero attached hydrogens (tertiary/aromatic N) is 4. The maximum atomic E-state index is 6.27.